The van der Waals surface area contributed by atoms with Gasteiger partial charge in [-0.1, -0.05) is 0 Å². The molecule has 4 atom stereocenters. The van der Waals surface area contributed by atoms with Gasteiger partial charge in [0.15, 0.2) is 0 Å². The van der Waals surface area contributed by atoms with E-state index in [1.54, 1.807) is 0 Å². The van der Waals surface area contributed by atoms with Crippen LogP contribution in [0.25, 0.3) is 0 Å². The van der Waals surface area contributed by atoms with Crippen LogP contribution in [0, 0.1) is 0 Å². The molecule has 0 radical (unpaired) electrons. The van der Waals surface area contributed by atoms with Gasteiger partial charge in [0.1, 0.15) is 18.1 Å². The number of aliphatic hydroxyl groups is 1. The van der Waals surface area contributed by atoms with Crippen LogP contribution in [0.1, 0.15) is 12.6 Å². The molecule has 4 unspecified atom stereocenters. The number of aliphatic carboxylic acids is 1. The average molecular weight is 416 g/mol. The monoisotopic (exact) mass is 416 g/mol. The summed E-state index contributed by atoms with van der Waals surface area (Å²) in [5.74, 6) is -3.52. The van der Waals surface area contributed by atoms with Crippen molar-refractivity contribution in [3.63, 3.8) is 0 Å². The summed E-state index contributed by atoms with van der Waals surface area (Å²) in [5.41, 5.74) is 6.00. The van der Waals surface area contributed by atoms with E-state index in [0.717, 1.165) is 0 Å². The maximum absolute atomic E-state index is 12.1. The van der Waals surface area contributed by atoms with Crippen molar-refractivity contribution in [2.75, 3.05) is 12.3 Å². The Labute approximate surface area is 166 Å². The Hall–Kier alpha value is -2.64. The summed E-state index contributed by atoms with van der Waals surface area (Å²) < 4.78 is 0. The Bertz CT molecular complexity index is 683. The first kappa shape index (κ1) is 23.4. The minimum absolute atomic E-state index is 0.0123. The Morgan fingerprint density at radius 2 is 1.93 bits per heavy atom. The second-order valence-electron chi connectivity index (χ2n) is 5.97. The van der Waals surface area contributed by atoms with Gasteiger partial charge in [0, 0.05) is 24.1 Å². The molecular weight excluding hydrogens is 392 g/mol. The summed E-state index contributed by atoms with van der Waals surface area (Å²) in [5, 5.41) is 25.4. The Kier molecular flexibility index (Phi) is 9.41. The number of aromatic nitrogens is 2. The van der Waals surface area contributed by atoms with Gasteiger partial charge in [-0.15, -0.1) is 0 Å². The van der Waals surface area contributed by atoms with Crippen LogP contribution in [0.5, 0.6) is 0 Å². The number of carboxylic acid groups (broad SMARTS) is 1. The topological polar surface area (TPSA) is 200 Å². The van der Waals surface area contributed by atoms with Crippen molar-refractivity contribution in [3.8, 4) is 0 Å². The highest BCUT2D eigenvalue weighted by Crippen LogP contribution is 1.99. The summed E-state index contributed by atoms with van der Waals surface area (Å²) in [6.45, 7) is 0.820. The van der Waals surface area contributed by atoms with Crippen LogP contribution in [-0.2, 0) is 25.6 Å². The summed E-state index contributed by atoms with van der Waals surface area (Å²) in [7, 11) is 0. The minimum Gasteiger partial charge on any atom is -0.480 e. The zero-order valence-electron chi connectivity index (χ0n) is 15.1. The second-order valence-corrected chi connectivity index (χ2v) is 6.33. The molecule has 0 aliphatic rings. The number of nitrogens with zero attached hydrogens (tertiary/aromatic N) is 1. The molecule has 156 valence electrons. The maximum Gasteiger partial charge on any atom is 0.326 e. The van der Waals surface area contributed by atoms with Gasteiger partial charge in [-0.3, -0.25) is 14.4 Å². The first-order valence-electron chi connectivity index (χ1n) is 8.27. The fourth-order valence-electron chi connectivity index (χ4n) is 2.03. The predicted molar refractivity (Wildman–Crippen MR) is 100 cm³/mol. The van der Waals surface area contributed by atoms with E-state index in [0.29, 0.717) is 5.69 Å². The Morgan fingerprint density at radius 3 is 2.43 bits per heavy atom. The number of nitrogens with two attached hydrogens (primary N) is 1. The van der Waals surface area contributed by atoms with Crippen molar-refractivity contribution in [3.05, 3.63) is 18.2 Å². The van der Waals surface area contributed by atoms with Gasteiger partial charge in [0.05, 0.1) is 19.0 Å². The first-order chi connectivity index (χ1) is 13.1. The summed E-state index contributed by atoms with van der Waals surface area (Å²) in [4.78, 5) is 53.6. The molecule has 0 saturated carbocycles. The number of aromatic amines is 1. The van der Waals surface area contributed by atoms with E-state index in [9.17, 15) is 29.4 Å². The number of nitrogens with one attached hydrogen (secondary N) is 4. The van der Waals surface area contributed by atoms with Crippen LogP contribution < -0.4 is 21.7 Å². The number of hydrogen-bond donors (Lipinski definition) is 8. The quantitative estimate of drug-likeness (QED) is 0.172. The van der Waals surface area contributed by atoms with Gasteiger partial charge >= 0.3 is 5.97 Å². The van der Waals surface area contributed by atoms with Gasteiger partial charge in [0.2, 0.25) is 17.7 Å². The van der Waals surface area contributed by atoms with Crippen molar-refractivity contribution in [1.82, 2.24) is 25.9 Å². The Balaban J connectivity index is 2.53. The highest BCUT2D eigenvalue weighted by Gasteiger charge is 2.26. The van der Waals surface area contributed by atoms with E-state index >= 15 is 0 Å². The third-order valence-corrected chi connectivity index (χ3v) is 4.04. The summed E-state index contributed by atoms with van der Waals surface area (Å²) in [6.07, 6.45) is 1.69. The van der Waals surface area contributed by atoms with Crippen molar-refractivity contribution >= 4 is 36.3 Å². The molecule has 8 N–H and O–H groups in total. The molecule has 0 fully saturated rings. The highest BCUT2D eigenvalue weighted by molar-refractivity contribution is 7.80. The van der Waals surface area contributed by atoms with Gasteiger partial charge in [-0.25, -0.2) is 9.78 Å². The van der Waals surface area contributed by atoms with Crippen LogP contribution in [0.15, 0.2) is 12.5 Å². The number of imidazole rings is 1. The molecule has 0 aliphatic heterocycles. The molecule has 0 bridgehead atoms. The molecule has 1 aromatic heterocycles. The lowest BCUT2D eigenvalue weighted by molar-refractivity contribution is -0.141. The van der Waals surface area contributed by atoms with Crippen LogP contribution in [0.2, 0.25) is 0 Å². The van der Waals surface area contributed by atoms with E-state index in [-0.39, 0.29) is 12.2 Å². The Morgan fingerprint density at radius 1 is 1.25 bits per heavy atom. The number of amides is 3. The standard InChI is InChI=1S/C15H24N6O6S/c1-7(22)12(16)14(25)21-10(5-28)13(24)18-4-11(23)20-9(15(26)27)2-8-3-17-6-19-8/h3,6-7,9-10,12,22,28H,2,4-5,16H2,1H3,(H,17,19)(H,18,24)(H,20,23)(H,21,25)(H,26,27). The lowest BCUT2D eigenvalue weighted by Crippen LogP contribution is -2.56. The molecule has 28 heavy (non-hydrogen) atoms. The predicted octanol–water partition coefficient (Wildman–Crippen LogP) is -3.24. The molecule has 13 heteroatoms. The van der Waals surface area contributed by atoms with Crippen LogP contribution in [-0.4, -0.2) is 80.4 Å². The number of carboxylic acids is 1. The number of H-pyrrole nitrogens is 1. The fraction of sp³-hybridized carbons (Fsp3) is 0.533. The first-order valence-corrected chi connectivity index (χ1v) is 8.91. The zero-order valence-corrected chi connectivity index (χ0v) is 16.0. The molecule has 0 aliphatic carbocycles. The lowest BCUT2D eigenvalue weighted by Gasteiger charge is -2.20. The maximum atomic E-state index is 12.1. The van der Waals surface area contributed by atoms with Gasteiger partial charge in [-0.05, 0) is 6.92 Å². The number of hydrogen-bond acceptors (Lipinski definition) is 8. The minimum atomic E-state index is -1.25. The molecular formula is C15H24N6O6S. The number of rotatable bonds is 11. The van der Waals surface area contributed by atoms with Crippen LogP contribution in [0.3, 0.4) is 0 Å². The molecule has 1 rings (SSSR count). The molecule has 0 aromatic carbocycles. The zero-order chi connectivity index (χ0) is 21.3. The number of aliphatic hydroxyl groups excluding tert-OH is 1. The number of carbonyl (C=O) groups excluding carboxylic acids is 3. The molecule has 0 saturated heterocycles. The SMILES string of the molecule is CC(O)C(N)C(=O)NC(CS)C(=O)NCC(=O)NC(Cc1cnc[nH]1)C(=O)O. The van der Waals surface area contributed by atoms with Crippen LogP contribution >= 0.6 is 12.6 Å². The third kappa shape index (κ3) is 7.54. The molecule has 12 nitrogen and oxygen atoms in total. The van der Waals surface area contributed by atoms with E-state index in [2.05, 4.69) is 38.5 Å². The van der Waals surface area contributed by atoms with Crippen LogP contribution in [0.4, 0.5) is 0 Å². The van der Waals surface area contributed by atoms with E-state index < -0.39 is 54.5 Å². The average Bonchev–Trinajstić information content (AvgIpc) is 3.15. The largest absolute Gasteiger partial charge is 0.480 e. The third-order valence-electron chi connectivity index (χ3n) is 3.67. The second kappa shape index (κ2) is 11.3. The van der Waals surface area contributed by atoms with E-state index in [1.165, 1.54) is 19.4 Å². The summed E-state index contributed by atoms with van der Waals surface area (Å²) >= 11 is 3.96. The highest BCUT2D eigenvalue weighted by atomic mass is 32.1. The molecule has 0 spiro atoms. The van der Waals surface area contributed by atoms with E-state index in [1.807, 2.05) is 0 Å². The van der Waals surface area contributed by atoms with Crippen molar-refractivity contribution in [2.24, 2.45) is 5.73 Å². The lowest BCUT2D eigenvalue weighted by atomic mass is 10.1. The summed E-state index contributed by atoms with van der Waals surface area (Å²) in [6, 6.07) is -3.53. The molecule has 1 aromatic rings. The number of thiol groups is 1. The van der Waals surface area contributed by atoms with Crippen molar-refractivity contribution in [1.29, 1.82) is 0 Å². The molecule has 1 heterocycles. The van der Waals surface area contributed by atoms with Crippen molar-refractivity contribution in [2.45, 2.75) is 37.6 Å². The van der Waals surface area contributed by atoms with Crippen molar-refractivity contribution < 1.29 is 29.4 Å². The van der Waals surface area contributed by atoms with Gasteiger partial charge < -0.3 is 36.9 Å². The smallest absolute Gasteiger partial charge is 0.326 e. The molecule has 3 amide bonds. The number of carbonyl (C=O) groups is 4. The fourth-order valence-corrected chi connectivity index (χ4v) is 2.29. The normalized spacial score (nSPS) is 15.0. The van der Waals surface area contributed by atoms with E-state index in [4.69, 9.17) is 5.73 Å². The van der Waals surface area contributed by atoms with Gasteiger partial charge in [0.25, 0.3) is 0 Å². The van der Waals surface area contributed by atoms with Gasteiger partial charge in [-0.2, -0.15) is 12.6 Å².